The number of ketones is 1. The van der Waals surface area contributed by atoms with Crippen LogP contribution >= 0.6 is 0 Å². The van der Waals surface area contributed by atoms with Gasteiger partial charge in [0.25, 0.3) is 0 Å². The third-order valence-corrected chi connectivity index (χ3v) is 4.88. The highest BCUT2D eigenvalue weighted by atomic mass is 32.2. The summed E-state index contributed by atoms with van der Waals surface area (Å²) in [5.41, 5.74) is 0.485. The van der Waals surface area contributed by atoms with Crippen LogP contribution in [0.2, 0.25) is 0 Å². The highest BCUT2D eigenvalue weighted by Gasteiger charge is 2.26. The summed E-state index contributed by atoms with van der Waals surface area (Å²) < 4.78 is 35.5. The van der Waals surface area contributed by atoms with Crippen molar-refractivity contribution in [1.82, 2.24) is 0 Å². The Kier molecular flexibility index (Phi) is 6.57. The normalized spacial score (nSPS) is 10.9. The van der Waals surface area contributed by atoms with Crippen molar-refractivity contribution < 1.29 is 27.5 Å². The molecule has 0 spiro atoms. The molecule has 0 unspecified atom stereocenters. The molecule has 0 saturated heterocycles. The molecule has 0 aliphatic carbocycles. The van der Waals surface area contributed by atoms with E-state index in [0.29, 0.717) is 17.9 Å². The van der Waals surface area contributed by atoms with Gasteiger partial charge < -0.3 is 9.47 Å². The van der Waals surface area contributed by atoms with Gasteiger partial charge in [0.15, 0.2) is 5.78 Å². The van der Waals surface area contributed by atoms with Crippen LogP contribution < -0.4 is 9.04 Å². The summed E-state index contributed by atoms with van der Waals surface area (Å²) in [6.07, 6.45) is 0.979. The van der Waals surface area contributed by atoms with Gasteiger partial charge in [-0.15, -0.1) is 0 Å². The molecule has 2 aromatic rings. The third kappa shape index (κ3) is 5.07. The maximum atomic E-state index is 12.6. The average molecular weight is 391 g/mol. The maximum Gasteiger partial charge on any atom is 0.340 e. The van der Waals surface area contributed by atoms with E-state index < -0.39 is 28.3 Å². The topological polar surface area (TPSA) is 90.0 Å². The summed E-state index contributed by atoms with van der Waals surface area (Å²) in [6, 6.07) is 12.5. The fraction of sp³-hybridized carbons (Fsp3) is 0.263. The number of methoxy groups -OCH3 is 1. The predicted octanol–water partition coefficient (Wildman–Crippen LogP) is 2.52. The van der Waals surface area contributed by atoms with Crippen LogP contribution in [-0.4, -0.2) is 46.7 Å². The Hall–Kier alpha value is -2.87. The van der Waals surface area contributed by atoms with Crippen molar-refractivity contribution in [2.24, 2.45) is 0 Å². The van der Waals surface area contributed by atoms with E-state index in [1.54, 1.807) is 36.4 Å². The predicted molar refractivity (Wildman–Crippen MR) is 102 cm³/mol. The molecule has 0 aromatic heterocycles. The Morgan fingerprint density at radius 1 is 1.04 bits per heavy atom. The summed E-state index contributed by atoms with van der Waals surface area (Å²) in [6.45, 7) is 1.90. The molecular weight excluding hydrogens is 370 g/mol. The van der Waals surface area contributed by atoms with Crippen LogP contribution in [-0.2, 0) is 14.8 Å². The van der Waals surface area contributed by atoms with E-state index in [2.05, 4.69) is 0 Å². The van der Waals surface area contributed by atoms with Gasteiger partial charge in [0, 0.05) is 5.56 Å². The van der Waals surface area contributed by atoms with Crippen LogP contribution in [0.3, 0.4) is 0 Å². The number of rotatable bonds is 8. The first-order valence-electron chi connectivity index (χ1n) is 8.19. The number of carbonyl (C=O) groups is 2. The van der Waals surface area contributed by atoms with Gasteiger partial charge in [-0.2, -0.15) is 0 Å². The van der Waals surface area contributed by atoms with Gasteiger partial charge in [0.1, 0.15) is 5.75 Å². The molecule has 0 heterocycles. The number of esters is 1. The molecule has 0 radical (unpaired) electrons. The Bertz CT molecular complexity index is 921. The molecular formula is C19H21NO6S. The van der Waals surface area contributed by atoms with E-state index in [1.807, 2.05) is 6.92 Å². The Morgan fingerprint density at radius 3 is 2.22 bits per heavy atom. The van der Waals surface area contributed by atoms with Crippen molar-refractivity contribution in [1.29, 1.82) is 0 Å². The lowest BCUT2D eigenvalue weighted by Crippen LogP contribution is -2.36. The van der Waals surface area contributed by atoms with Gasteiger partial charge in [0.05, 0.1) is 37.8 Å². The maximum absolute atomic E-state index is 12.6. The van der Waals surface area contributed by atoms with Crippen LogP contribution in [0.5, 0.6) is 5.75 Å². The van der Waals surface area contributed by atoms with Crippen LogP contribution in [0.4, 0.5) is 5.69 Å². The summed E-state index contributed by atoms with van der Waals surface area (Å²) in [7, 11) is -2.62. The number of Topliss-reactive ketones (excluding diaryl/α,β-unsaturated/α-hetero) is 1. The molecule has 0 bridgehead atoms. The summed E-state index contributed by atoms with van der Waals surface area (Å²) in [4.78, 5) is 24.6. The van der Waals surface area contributed by atoms with Crippen LogP contribution in [0.15, 0.2) is 48.5 Å². The summed E-state index contributed by atoms with van der Waals surface area (Å²) in [5, 5.41) is 0. The lowest BCUT2D eigenvalue weighted by atomic mass is 10.1. The molecule has 2 aromatic carbocycles. The summed E-state index contributed by atoms with van der Waals surface area (Å²) in [5.74, 6) is -0.485. The first-order valence-corrected chi connectivity index (χ1v) is 10.0. The SMILES string of the molecule is CCOc1ccc(C(=O)CN(c2ccccc2C(=O)OC)S(C)(=O)=O)cc1. The largest absolute Gasteiger partial charge is 0.494 e. The van der Waals surface area contributed by atoms with E-state index in [0.717, 1.165) is 10.6 Å². The monoisotopic (exact) mass is 391 g/mol. The van der Waals surface area contributed by atoms with Crippen LogP contribution in [0.25, 0.3) is 0 Å². The smallest absolute Gasteiger partial charge is 0.340 e. The fourth-order valence-corrected chi connectivity index (χ4v) is 3.35. The van der Waals surface area contributed by atoms with Crippen molar-refractivity contribution in [3.63, 3.8) is 0 Å². The Labute approximate surface area is 158 Å². The number of carbonyl (C=O) groups excluding carboxylic acids is 2. The zero-order chi connectivity index (χ0) is 20.0. The zero-order valence-corrected chi connectivity index (χ0v) is 16.2. The highest BCUT2D eigenvalue weighted by molar-refractivity contribution is 7.92. The van der Waals surface area contributed by atoms with Gasteiger partial charge in [-0.1, -0.05) is 12.1 Å². The Balaban J connectivity index is 2.36. The minimum Gasteiger partial charge on any atom is -0.494 e. The minimum atomic E-state index is -3.82. The van der Waals surface area contributed by atoms with Gasteiger partial charge >= 0.3 is 5.97 Å². The number of ether oxygens (including phenoxy) is 2. The third-order valence-electron chi connectivity index (χ3n) is 3.75. The molecule has 0 saturated carbocycles. The van der Waals surface area contributed by atoms with E-state index in [-0.39, 0.29) is 11.3 Å². The molecule has 0 fully saturated rings. The van der Waals surface area contributed by atoms with Gasteiger partial charge in [-0.3, -0.25) is 9.10 Å². The number of benzene rings is 2. The number of nitrogens with zero attached hydrogens (tertiary/aromatic N) is 1. The number of hydrogen-bond donors (Lipinski definition) is 0. The van der Waals surface area contributed by atoms with Crippen molar-refractivity contribution >= 4 is 27.5 Å². The molecule has 0 aliphatic rings. The van der Waals surface area contributed by atoms with Gasteiger partial charge in [0.2, 0.25) is 10.0 Å². The van der Waals surface area contributed by atoms with Crippen molar-refractivity contribution in [2.75, 3.05) is 30.8 Å². The second kappa shape index (κ2) is 8.68. The Morgan fingerprint density at radius 2 is 1.67 bits per heavy atom. The number of sulfonamides is 1. The van der Waals surface area contributed by atoms with E-state index in [4.69, 9.17) is 9.47 Å². The quantitative estimate of drug-likeness (QED) is 0.507. The molecule has 0 amide bonds. The summed E-state index contributed by atoms with van der Waals surface area (Å²) >= 11 is 0. The highest BCUT2D eigenvalue weighted by Crippen LogP contribution is 2.24. The first-order chi connectivity index (χ1) is 12.8. The molecule has 144 valence electrons. The van der Waals surface area contributed by atoms with Crippen molar-refractivity contribution in [2.45, 2.75) is 6.92 Å². The number of anilines is 1. The molecule has 27 heavy (non-hydrogen) atoms. The van der Waals surface area contributed by atoms with Gasteiger partial charge in [-0.05, 0) is 43.3 Å². The molecule has 8 heteroatoms. The van der Waals surface area contributed by atoms with Crippen molar-refractivity contribution in [3.05, 3.63) is 59.7 Å². The molecule has 2 rings (SSSR count). The average Bonchev–Trinajstić information content (AvgIpc) is 2.65. The van der Waals surface area contributed by atoms with Crippen LogP contribution in [0, 0.1) is 0 Å². The molecule has 0 N–H and O–H groups in total. The lowest BCUT2D eigenvalue weighted by molar-refractivity contribution is 0.0601. The van der Waals surface area contributed by atoms with Gasteiger partial charge in [-0.25, -0.2) is 13.2 Å². The molecule has 0 aliphatic heterocycles. The lowest BCUT2D eigenvalue weighted by Gasteiger charge is -2.23. The second-order valence-corrected chi connectivity index (χ2v) is 7.57. The molecule has 0 atom stereocenters. The fourth-order valence-electron chi connectivity index (χ4n) is 2.48. The van der Waals surface area contributed by atoms with E-state index in [1.165, 1.54) is 19.2 Å². The number of hydrogen-bond acceptors (Lipinski definition) is 6. The standard InChI is InChI=1S/C19H21NO6S/c1-4-26-15-11-9-14(10-12-15)18(21)13-20(27(3,23)24)17-8-6-5-7-16(17)19(22)25-2/h5-12H,4,13H2,1-3H3. The number of para-hydroxylation sites is 1. The molecule has 7 nitrogen and oxygen atoms in total. The zero-order valence-electron chi connectivity index (χ0n) is 15.3. The van der Waals surface area contributed by atoms with E-state index >= 15 is 0 Å². The first kappa shape index (κ1) is 20.4. The second-order valence-electron chi connectivity index (χ2n) is 5.66. The van der Waals surface area contributed by atoms with E-state index in [9.17, 15) is 18.0 Å². The van der Waals surface area contributed by atoms with Crippen LogP contribution in [0.1, 0.15) is 27.6 Å². The van der Waals surface area contributed by atoms with Crippen molar-refractivity contribution in [3.8, 4) is 5.75 Å². The minimum absolute atomic E-state index is 0.0601.